The molecule has 0 fully saturated rings. The number of aryl methyl sites for hydroxylation is 1. The standard InChI is InChI=1S/C17H22N4O/c1-3-11-6-5-7-12-15(17(22)20-18)13-10-21(4-2)9-8-14(13)19-16(11)12/h5-7H,3-4,8-10,18H2,1-2H3,(H,20,22). The van der Waals surface area contributed by atoms with Gasteiger partial charge < -0.3 is 0 Å². The average Bonchev–Trinajstić information content (AvgIpc) is 2.57. The number of amides is 1. The molecule has 3 N–H and O–H groups in total. The normalized spacial score (nSPS) is 14.9. The Bertz CT molecular complexity index is 726. The smallest absolute Gasteiger partial charge is 0.266 e. The van der Waals surface area contributed by atoms with Crippen LogP contribution in [0.2, 0.25) is 0 Å². The molecule has 0 aliphatic carbocycles. The maximum absolute atomic E-state index is 12.4. The first kappa shape index (κ1) is 14.9. The quantitative estimate of drug-likeness (QED) is 0.515. The van der Waals surface area contributed by atoms with Crippen LogP contribution >= 0.6 is 0 Å². The average molecular weight is 298 g/mol. The summed E-state index contributed by atoms with van der Waals surface area (Å²) in [5, 5.41) is 0.902. The molecule has 2 aromatic rings. The zero-order valence-corrected chi connectivity index (χ0v) is 13.1. The molecule has 3 rings (SSSR count). The SMILES string of the molecule is CCc1cccc2c(C(=O)NN)c3c(nc12)CCN(CC)C3. The van der Waals surface area contributed by atoms with Crippen LogP contribution in [0.15, 0.2) is 18.2 Å². The highest BCUT2D eigenvalue weighted by Gasteiger charge is 2.25. The highest BCUT2D eigenvalue weighted by Crippen LogP contribution is 2.29. The number of nitrogen functional groups attached to an aromatic ring is 1. The number of hydrogen-bond acceptors (Lipinski definition) is 4. The molecule has 1 amide bonds. The van der Waals surface area contributed by atoms with E-state index in [0.717, 1.165) is 54.6 Å². The molecule has 0 unspecified atom stereocenters. The number of fused-ring (bicyclic) bond motifs is 2. The molecule has 0 atom stereocenters. The van der Waals surface area contributed by atoms with Crippen molar-refractivity contribution >= 4 is 16.8 Å². The molecule has 5 heteroatoms. The highest BCUT2D eigenvalue weighted by atomic mass is 16.2. The number of rotatable bonds is 3. The second kappa shape index (κ2) is 6.02. The van der Waals surface area contributed by atoms with Gasteiger partial charge in [-0.25, -0.2) is 5.84 Å². The molecule has 116 valence electrons. The molecular weight excluding hydrogens is 276 g/mol. The molecule has 1 aliphatic rings. The second-order valence-electron chi connectivity index (χ2n) is 5.67. The van der Waals surface area contributed by atoms with E-state index in [9.17, 15) is 4.79 Å². The van der Waals surface area contributed by atoms with E-state index in [1.54, 1.807) is 0 Å². The number of hydrazine groups is 1. The minimum atomic E-state index is -0.227. The molecule has 22 heavy (non-hydrogen) atoms. The van der Waals surface area contributed by atoms with E-state index in [2.05, 4.69) is 30.2 Å². The van der Waals surface area contributed by atoms with Crippen LogP contribution in [0.1, 0.15) is 41.0 Å². The van der Waals surface area contributed by atoms with Gasteiger partial charge in [0.1, 0.15) is 0 Å². The number of nitrogens with one attached hydrogen (secondary N) is 1. The number of nitrogens with two attached hydrogens (primary N) is 1. The summed E-state index contributed by atoms with van der Waals surface area (Å²) >= 11 is 0. The first-order valence-electron chi connectivity index (χ1n) is 7.86. The summed E-state index contributed by atoms with van der Waals surface area (Å²) in [7, 11) is 0. The van der Waals surface area contributed by atoms with E-state index in [0.29, 0.717) is 5.56 Å². The van der Waals surface area contributed by atoms with Crippen molar-refractivity contribution in [3.8, 4) is 0 Å². The molecule has 0 radical (unpaired) electrons. The van der Waals surface area contributed by atoms with Crippen LogP contribution in [0.5, 0.6) is 0 Å². The minimum Gasteiger partial charge on any atom is -0.299 e. The Hall–Kier alpha value is -1.98. The van der Waals surface area contributed by atoms with E-state index >= 15 is 0 Å². The van der Waals surface area contributed by atoms with Crippen molar-refractivity contribution in [2.24, 2.45) is 5.84 Å². The number of carbonyl (C=O) groups excluding carboxylic acids is 1. The summed E-state index contributed by atoms with van der Waals surface area (Å²) in [6, 6.07) is 6.03. The monoisotopic (exact) mass is 298 g/mol. The predicted molar refractivity (Wildman–Crippen MR) is 87.4 cm³/mol. The van der Waals surface area contributed by atoms with E-state index in [1.165, 1.54) is 5.56 Å². The Morgan fingerprint density at radius 1 is 1.41 bits per heavy atom. The number of likely N-dealkylation sites (N-methyl/N-ethyl adjacent to an activating group) is 1. The highest BCUT2D eigenvalue weighted by molar-refractivity contribution is 6.08. The molecule has 0 spiro atoms. The van der Waals surface area contributed by atoms with Crippen LogP contribution in [0.4, 0.5) is 0 Å². The Kier molecular flexibility index (Phi) is 4.09. The number of nitrogens with zero attached hydrogens (tertiary/aromatic N) is 2. The lowest BCUT2D eigenvalue weighted by atomic mass is 9.93. The number of benzene rings is 1. The van der Waals surface area contributed by atoms with Gasteiger partial charge in [-0.15, -0.1) is 0 Å². The first-order valence-corrected chi connectivity index (χ1v) is 7.86. The van der Waals surface area contributed by atoms with Gasteiger partial charge in [0.15, 0.2) is 0 Å². The third-order valence-corrected chi connectivity index (χ3v) is 4.52. The molecule has 2 heterocycles. The Morgan fingerprint density at radius 3 is 2.91 bits per heavy atom. The number of carbonyl (C=O) groups is 1. The van der Waals surface area contributed by atoms with Crippen LogP contribution in [0, 0.1) is 0 Å². The molecule has 0 saturated carbocycles. The number of aromatic nitrogens is 1. The summed E-state index contributed by atoms with van der Waals surface area (Å²) < 4.78 is 0. The third kappa shape index (κ3) is 2.36. The summed E-state index contributed by atoms with van der Waals surface area (Å²) in [6.07, 6.45) is 1.77. The molecule has 1 aliphatic heterocycles. The lowest BCUT2D eigenvalue weighted by molar-refractivity contribution is 0.0952. The van der Waals surface area contributed by atoms with Crippen molar-refractivity contribution in [3.05, 3.63) is 40.6 Å². The zero-order valence-electron chi connectivity index (χ0n) is 13.1. The van der Waals surface area contributed by atoms with Crippen LogP contribution in [-0.2, 0) is 19.4 Å². The summed E-state index contributed by atoms with van der Waals surface area (Å²) in [6.45, 7) is 6.96. The van der Waals surface area contributed by atoms with Crippen molar-refractivity contribution in [3.63, 3.8) is 0 Å². The number of pyridine rings is 1. The van der Waals surface area contributed by atoms with E-state index < -0.39 is 0 Å². The van der Waals surface area contributed by atoms with Gasteiger partial charge in [-0.2, -0.15) is 0 Å². The van der Waals surface area contributed by atoms with Gasteiger partial charge in [-0.05, 0) is 18.5 Å². The number of hydrogen-bond donors (Lipinski definition) is 2. The first-order chi connectivity index (χ1) is 10.7. The van der Waals surface area contributed by atoms with Gasteiger partial charge in [-0.3, -0.25) is 20.1 Å². The Balaban J connectivity index is 2.31. The van der Waals surface area contributed by atoms with Crippen molar-refractivity contribution < 1.29 is 4.79 Å². The summed E-state index contributed by atoms with van der Waals surface area (Å²) in [5.41, 5.74) is 7.17. The lowest BCUT2D eigenvalue weighted by Gasteiger charge is -2.29. The van der Waals surface area contributed by atoms with Crippen LogP contribution in [0.25, 0.3) is 10.9 Å². The van der Waals surface area contributed by atoms with Crippen molar-refractivity contribution in [1.29, 1.82) is 0 Å². The third-order valence-electron chi connectivity index (χ3n) is 4.52. The maximum atomic E-state index is 12.4. The van der Waals surface area contributed by atoms with Crippen molar-refractivity contribution in [1.82, 2.24) is 15.3 Å². The van der Waals surface area contributed by atoms with E-state index in [4.69, 9.17) is 10.8 Å². The van der Waals surface area contributed by atoms with Gasteiger partial charge in [-0.1, -0.05) is 32.0 Å². The fourth-order valence-corrected chi connectivity index (χ4v) is 3.26. The van der Waals surface area contributed by atoms with Gasteiger partial charge in [0, 0.05) is 36.2 Å². The summed E-state index contributed by atoms with van der Waals surface area (Å²) in [4.78, 5) is 19.6. The molecule has 5 nitrogen and oxygen atoms in total. The molecule has 0 saturated heterocycles. The van der Waals surface area contributed by atoms with Crippen molar-refractivity contribution in [2.75, 3.05) is 13.1 Å². The molecule has 1 aromatic heterocycles. The molecule has 1 aromatic carbocycles. The van der Waals surface area contributed by atoms with Gasteiger partial charge in [0.05, 0.1) is 11.1 Å². The minimum absolute atomic E-state index is 0.227. The Morgan fingerprint density at radius 2 is 2.23 bits per heavy atom. The topological polar surface area (TPSA) is 71.2 Å². The van der Waals surface area contributed by atoms with Crippen molar-refractivity contribution in [2.45, 2.75) is 33.2 Å². The van der Waals surface area contributed by atoms with Crippen LogP contribution in [-0.4, -0.2) is 28.9 Å². The largest absolute Gasteiger partial charge is 0.299 e. The van der Waals surface area contributed by atoms with Crippen LogP contribution < -0.4 is 11.3 Å². The fraction of sp³-hybridized carbons (Fsp3) is 0.412. The van der Waals surface area contributed by atoms with Gasteiger partial charge >= 0.3 is 0 Å². The number of para-hydroxylation sites is 1. The maximum Gasteiger partial charge on any atom is 0.266 e. The van der Waals surface area contributed by atoms with Crippen LogP contribution in [0.3, 0.4) is 0 Å². The molecular formula is C17H22N4O. The van der Waals surface area contributed by atoms with Gasteiger partial charge in [0.2, 0.25) is 0 Å². The van der Waals surface area contributed by atoms with E-state index in [1.807, 2.05) is 12.1 Å². The fourth-order valence-electron chi connectivity index (χ4n) is 3.26. The summed E-state index contributed by atoms with van der Waals surface area (Å²) in [5.74, 6) is 5.21. The Labute approximate surface area is 130 Å². The lowest BCUT2D eigenvalue weighted by Crippen LogP contribution is -2.36. The van der Waals surface area contributed by atoms with E-state index in [-0.39, 0.29) is 5.91 Å². The predicted octanol–water partition coefficient (Wildman–Crippen LogP) is 1.78. The second-order valence-corrected chi connectivity index (χ2v) is 5.67. The zero-order chi connectivity index (χ0) is 15.7. The van der Waals surface area contributed by atoms with Gasteiger partial charge in [0.25, 0.3) is 5.91 Å². The molecule has 0 bridgehead atoms.